The van der Waals surface area contributed by atoms with Crippen LogP contribution < -0.4 is 5.32 Å². The molecule has 1 aliphatic carbocycles. The minimum atomic E-state index is 0.206. The molecule has 4 heteroatoms. The Kier molecular flexibility index (Phi) is 4.48. The maximum atomic E-state index is 6.11. The Morgan fingerprint density at radius 3 is 2.90 bits per heavy atom. The van der Waals surface area contributed by atoms with E-state index in [-0.39, 0.29) is 6.04 Å². The standard InChI is InChI=1S/C17H18Cl2N2/c1-11(13-7-8-14(18)15(19)10-13)21-16-6-2-4-12-5-3-9-20-17(12)16/h3,5,7-11,16,21H,2,4,6H2,1H3. The van der Waals surface area contributed by atoms with Crippen LogP contribution in [0, 0.1) is 0 Å². The van der Waals surface area contributed by atoms with Gasteiger partial charge in [-0.3, -0.25) is 4.98 Å². The molecule has 2 nitrogen and oxygen atoms in total. The molecule has 1 N–H and O–H groups in total. The quantitative estimate of drug-likeness (QED) is 0.849. The summed E-state index contributed by atoms with van der Waals surface area (Å²) < 4.78 is 0. The first-order chi connectivity index (χ1) is 10.1. The van der Waals surface area contributed by atoms with E-state index < -0.39 is 0 Å². The molecule has 0 bridgehead atoms. The fourth-order valence-electron chi connectivity index (χ4n) is 2.95. The van der Waals surface area contributed by atoms with Crippen LogP contribution in [0.3, 0.4) is 0 Å². The number of pyridine rings is 1. The summed E-state index contributed by atoms with van der Waals surface area (Å²) >= 11 is 12.1. The van der Waals surface area contributed by atoms with E-state index in [1.54, 1.807) is 0 Å². The first-order valence-electron chi connectivity index (χ1n) is 7.30. The zero-order valence-corrected chi connectivity index (χ0v) is 13.5. The van der Waals surface area contributed by atoms with Gasteiger partial charge in [0, 0.05) is 12.2 Å². The Balaban J connectivity index is 1.79. The molecule has 2 unspecified atom stereocenters. The van der Waals surface area contributed by atoms with Crippen LogP contribution in [0.25, 0.3) is 0 Å². The summed E-state index contributed by atoms with van der Waals surface area (Å²) in [7, 11) is 0. The third-order valence-corrected chi connectivity index (χ3v) is 4.83. The van der Waals surface area contributed by atoms with Gasteiger partial charge in [0.1, 0.15) is 0 Å². The molecule has 0 aliphatic heterocycles. The van der Waals surface area contributed by atoms with Crippen LogP contribution in [-0.4, -0.2) is 4.98 Å². The van der Waals surface area contributed by atoms with Gasteiger partial charge in [0.2, 0.25) is 0 Å². The van der Waals surface area contributed by atoms with E-state index in [4.69, 9.17) is 23.2 Å². The summed E-state index contributed by atoms with van der Waals surface area (Å²) in [6, 6.07) is 10.5. The van der Waals surface area contributed by atoms with E-state index in [0.717, 1.165) is 18.4 Å². The predicted molar refractivity (Wildman–Crippen MR) is 87.9 cm³/mol. The normalized spacial score (nSPS) is 19.1. The van der Waals surface area contributed by atoms with E-state index in [9.17, 15) is 0 Å². The number of aryl methyl sites for hydroxylation is 1. The van der Waals surface area contributed by atoms with Gasteiger partial charge in [0.05, 0.1) is 21.8 Å². The summed E-state index contributed by atoms with van der Waals surface area (Å²) in [5, 5.41) is 4.87. The molecule has 0 spiro atoms. The second kappa shape index (κ2) is 6.35. The van der Waals surface area contributed by atoms with Crippen LogP contribution in [0.15, 0.2) is 36.5 Å². The van der Waals surface area contributed by atoms with E-state index in [0.29, 0.717) is 16.1 Å². The molecule has 1 aromatic heterocycles. The molecule has 0 saturated heterocycles. The minimum absolute atomic E-state index is 0.206. The Labute approximate surface area is 135 Å². The van der Waals surface area contributed by atoms with Crippen molar-refractivity contribution < 1.29 is 0 Å². The molecule has 0 saturated carbocycles. The van der Waals surface area contributed by atoms with Crippen molar-refractivity contribution in [3.63, 3.8) is 0 Å². The third kappa shape index (κ3) is 3.23. The Bertz CT molecular complexity index is 642. The van der Waals surface area contributed by atoms with Crippen molar-refractivity contribution in [2.45, 2.75) is 38.3 Å². The van der Waals surface area contributed by atoms with E-state index in [2.05, 4.69) is 23.3 Å². The number of rotatable bonds is 3. The fourth-order valence-corrected chi connectivity index (χ4v) is 3.26. The summed E-state index contributed by atoms with van der Waals surface area (Å²) in [5.41, 5.74) is 3.70. The molecule has 0 radical (unpaired) electrons. The molecule has 1 aromatic carbocycles. The maximum absolute atomic E-state index is 6.11. The maximum Gasteiger partial charge on any atom is 0.0605 e. The summed E-state index contributed by atoms with van der Waals surface area (Å²) in [5.74, 6) is 0. The monoisotopic (exact) mass is 320 g/mol. The Hall–Kier alpha value is -1.09. The van der Waals surface area contributed by atoms with Crippen molar-refractivity contribution in [3.05, 3.63) is 63.4 Å². The average molecular weight is 321 g/mol. The fraction of sp³-hybridized carbons (Fsp3) is 0.353. The van der Waals surface area contributed by atoms with Gasteiger partial charge < -0.3 is 5.32 Å². The number of halogens is 2. The van der Waals surface area contributed by atoms with Crippen molar-refractivity contribution in [2.24, 2.45) is 0 Å². The number of nitrogens with one attached hydrogen (secondary N) is 1. The van der Waals surface area contributed by atoms with Gasteiger partial charge in [0.15, 0.2) is 0 Å². The van der Waals surface area contributed by atoms with Gasteiger partial charge >= 0.3 is 0 Å². The van der Waals surface area contributed by atoms with Crippen LogP contribution >= 0.6 is 23.2 Å². The lowest BCUT2D eigenvalue weighted by Gasteiger charge is -2.28. The highest BCUT2D eigenvalue weighted by molar-refractivity contribution is 6.42. The second-order valence-electron chi connectivity index (χ2n) is 5.55. The zero-order valence-electron chi connectivity index (χ0n) is 11.9. The molecule has 110 valence electrons. The molecule has 2 aromatic rings. The van der Waals surface area contributed by atoms with Gasteiger partial charge in [-0.1, -0.05) is 35.3 Å². The summed E-state index contributed by atoms with van der Waals surface area (Å²) in [4.78, 5) is 4.57. The third-order valence-electron chi connectivity index (χ3n) is 4.09. The largest absolute Gasteiger partial charge is 0.302 e. The molecule has 2 atom stereocenters. The highest BCUT2D eigenvalue weighted by Crippen LogP contribution is 2.31. The second-order valence-corrected chi connectivity index (χ2v) is 6.37. The van der Waals surface area contributed by atoms with Gasteiger partial charge in [-0.25, -0.2) is 0 Å². The number of benzene rings is 1. The van der Waals surface area contributed by atoms with Gasteiger partial charge in [0.25, 0.3) is 0 Å². The summed E-state index contributed by atoms with van der Waals surface area (Å²) in [6.07, 6.45) is 5.32. The van der Waals surface area contributed by atoms with Crippen molar-refractivity contribution in [1.29, 1.82) is 0 Å². The number of aromatic nitrogens is 1. The smallest absolute Gasteiger partial charge is 0.0605 e. The lowest BCUT2D eigenvalue weighted by Crippen LogP contribution is -2.28. The number of hydrogen-bond acceptors (Lipinski definition) is 2. The molecule has 0 fully saturated rings. The van der Waals surface area contributed by atoms with E-state index in [1.165, 1.54) is 17.7 Å². The lowest BCUT2D eigenvalue weighted by molar-refractivity contribution is 0.406. The molecule has 1 aliphatic rings. The highest BCUT2D eigenvalue weighted by atomic mass is 35.5. The number of hydrogen-bond donors (Lipinski definition) is 1. The molecule has 21 heavy (non-hydrogen) atoms. The summed E-state index contributed by atoms with van der Waals surface area (Å²) in [6.45, 7) is 2.15. The SMILES string of the molecule is CC(NC1CCCc2cccnc21)c1ccc(Cl)c(Cl)c1. The lowest BCUT2D eigenvalue weighted by atomic mass is 9.91. The van der Waals surface area contributed by atoms with Crippen LogP contribution in [0.5, 0.6) is 0 Å². The number of fused-ring (bicyclic) bond motifs is 1. The van der Waals surface area contributed by atoms with Crippen LogP contribution in [0.2, 0.25) is 10.0 Å². The first-order valence-corrected chi connectivity index (χ1v) is 8.05. The van der Waals surface area contributed by atoms with Crippen molar-refractivity contribution in [2.75, 3.05) is 0 Å². The van der Waals surface area contributed by atoms with Gasteiger partial charge in [-0.15, -0.1) is 0 Å². The van der Waals surface area contributed by atoms with E-state index in [1.807, 2.05) is 30.5 Å². The van der Waals surface area contributed by atoms with E-state index >= 15 is 0 Å². The van der Waals surface area contributed by atoms with Crippen molar-refractivity contribution in [3.8, 4) is 0 Å². The Morgan fingerprint density at radius 1 is 1.24 bits per heavy atom. The van der Waals surface area contributed by atoms with Gasteiger partial charge in [-0.05, 0) is 55.5 Å². The molecular formula is C17H18Cl2N2. The predicted octanol–water partition coefficient (Wildman–Crippen LogP) is 5.12. The molecular weight excluding hydrogens is 303 g/mol. The zero-order chi connectivity index (χ0) is 14.8. The number of nitrogens with zero attached hydrogens (tertiary/aromatic N) is 1. The molecule has 3 rings (SSSR count). The molecule has 1 heterocycles. The van der Waals surface area contributed by atoms with Crippen molar-refractivity contribution >= 4 is 23.2 Å². The van der Waals surface area contributed by atoms with Gasteiger partial charge in [-0.2, -0.15) is 0 Å². The van der Waals surface area contributed by atoms with Crippen LogP contribution in [0.4, 0.5) is 0 Å². The Morgan fingerprint density at radius 2 is 2.10 bits per heavy atom. The minimum Gasteiger partial charge on any atom is -0.302 e. The van der Waals surface area contributed by atoms with Crippen molar-refractivity contribution in [1.82, 2.24) is 10.3 Å². The molecule has 0 amide bonds. The topological polar surface area (TPSA) is 24.9 Å². The highest BCUT2D eigenvalue weighted by Gasteiger charge is 2.23. The van der Waals surface area contributed by atoms with Crippen LogP contribution in [-0.2, 0) is 6.42 Å². The van der Waals surface area contributed by atoms with Crippen LogP contribution in [0.1, 0.15) is 48.7 Å². The average Bonchev–Trinajstić information content (AvgIpc) is 2.50. The first kappa shape index (κ1) is 14.8.